The summed E-state index contributed by atoms with van der Waals surface area (Å²) < 4.78 is 16.8. The number of fused-ring (bicyclic) bond motifs is 1. The molecule has 1 aliphatic heterocycles. The maximum absolute atomic E-state index is 13.9. The van der Waals surface area contributed by atoms with Gasteiger partial charge in [0.1, 0.15) is 5.75 Å². The van der Waals surface area contributed by atoms with Crippen LogP contribution in [0.2, 0.25) is 5.02 Å². The van der Waals surface area contributed by atoms with E-state index in [9.17, 15) is 14.7 Å². The number of Topliss-reactive ketones (excluding diaryl/α,β-unsaturated/α-hetero) is 1. The number of aliphatic hydroxyl groups is 1. The third-order valence-corrected chi connectivity index (χ3v) is 6.81. The Morgan fingerprint density at radius 2 is 1.77 bits per heavy atom. The molecule has 0 saturated carbocycles. The van der Waals surface area contributed by atoms with E-state index in [1.54, 1.807) is 48.5 Å². The first-order chi connectivity index (χ1) is 18.7. The highest BCUT2D eigenvalue weighted by molar-refractivity contribution is 6.31. The molecule has 1 atom stereocenters. The molecule has 0 aliphatic carbocycles. The van der Waals surface area contributed by atoms with Gasteiger partial charge in [-0.1, -0.05) is 23.7 Å². The highest BCUT2D eigenvalue weighted by atomic mass is 35.5. The molecule has 1 aliphatic rings. The second-order valence-electron chi connectivity index (χ2n) is 9.22. The van der Waals surface area contributed by atoms with E-state index < -0.39 is 23.5 Å². The fraction of sp³-hybridized carbons (Fsp3) is 0.200. The Hall–Kier alpha value is -4.43. The van der Waals surface area contributed by atoms with Crippen LogP contribution in [-0.4, -0.2) is 44.6 Å². The molecule has 1 N–H and O–H groups in total. The van der Waals surface area contributed by atoms with Gasteiger partial charge in [0.05, 0.1) is 25.3 Å². The number of benzene rings is 3. The van der Waals surface area contributed by atoms with Crippen LogP contribution >= 0.6 is 11.6 Å². The lowest BCUT2D eigenvalue weighted by molar-refractivity contribution is -0.117. The summed E-state index contributed by atoms with van der Waals surface area (Å²) in [5.74, 6) is -0.993. The molecule has 2 heterocycles. The van der Waals surface area contributed by atoms with Gasteiger partial charge in [-0.2, -0.15) is 0 Å². The molecular formula is C30H27ClN2O6. The fourth-order valence-corrected chi connectivity index (χ4v) is 4.94. The summed E-state index contributed by atoms with van der Waals surface area (Å²) in [4.78, 5) is 30.8. The van der Waals surface area contributed by atoms with Crippen molar-refractivity contribution in [1.82, 2.24) is 0 Å². The lowest BCUT2D eigenvalue weighted by Gasteiger charge is -2.27. The maximum Gasteiger partial charge on any atom is 0.294 e. The number of rotatable bonds is 8. The van der Waals surface area contributed by atoms with Gasteiger partial charge >= 0.3 is 0 Å². The second-order valence-corrected chi connectivity index (χ2v) is 9.66. The number of ether oxygens (including phenoxy) is 2. The molecule has 1 unspecified atom stereocenters. The average Bonchev–Trinajstić information content (AvgIpc) is 3.47. The van der Waals surface area contributed by atoms with Crippen LogP contribution in [0.5, 0.6) is 11.5 Å². The third-order valence-electron chi connectivity index (χ3n) is 6.59. The molecule has 0 bridgehead atoms. The SMILES string of the molecule is CCOc1ccc(C2C(C(=O)c3cc4cc(Cl)cc(OC)c4o3)=C(O)C(=O)N2c2ccc(N(C)C)cc2)cc1. The molecular weight excluding hydrogens is 520 g/mol. The van der Waals surface area contributed by atoms with E-state index in [1.807, 2.05) is 38.1 Å². The minimum Gasteiger partial charge on any atom is -0.503 e. The number of hydrogen-bond acceptors (Lipinski definition) is 7. The Bertz CT molecular complexity index is 1590. The molecule has 5 rings (SSSR count). The number of methoxy groups -OCH3 is 1. The first-order valence-electron chi connectivity index (χ1n) is 12.3. The molecule has 4 aromatic rings. The zero-order valence-corrected chi connectivity index (χ0v) is 22.7. The average molecular weight is 547 g/mol. The van der Waals surface area contributed by atoms with Crippen molar-refractivity contribution in [3.8, 4) is 11.5 Å². The summed E-state index contributed by atoms with van der Waals surface area (Å²) in [6, 6.07) is 18.2. The van der Waals surface area contributed by atoms with Crippen molar-refractivity contribution < 1.29 is 28.6 Å². The number of amides is 1. The Balaban J connectivity index is 1.63. The molecule has 1 amide bonds. The predicted octanol–water partition coefficient (Wildman–Crippen LogP) is 6.34. The van der Waals surface area contributed by atoms with Gasteiger partial charge < -0.3 is 23.9 Å². The van der Waals surface area contributed by atoms with Crippen LogP contribution in [-0.2, 0) is 4.79 Å². The van der Waals surface area contributed by atoms with E-state index in [4.69, 9.17) is 25.5 Å². The molecule has 0 radical (unpaired) electrons. The molecule has 9 heteroatoms. The molecule has 8 nitrogen and oxygen atoms in total. The number of nitrogens with zero attached hydrogens (tertiary/aromatic N) is 2. The fourth-order valence-electron chi connectivity index (χ4n) is 4.73. The summed E-state index contributed by atoms with van der Waals surface area (Å²) in [5, 5.41) is 12.1. The first kappa shape index (κ1) is 26.2. The van der Waals surface area contributed by atoms with Gasteiger partial charge in [0.2, 0.25) is 5.78 Å². The van der Waals surface area contributed by atoms with Gasteiger partial charge in [-0.15, -0.1) is 0 Å². The summed E-state index contributed by atoms with van der Waals surface area (Å²) in [7, 11) is 5.30. The van der Waals surface area contributed by atoms with Gasteiger partial charge in [-0.05, 0) is 61.0 Å². The molecule has 39 heavy (non-hydrogen) atoms. The first-order valence-corrected chi connectivity index (χ1v) is 12.7. The zero-order valence-electron chi connectivity index (χ0n) is 21.9. The van der Waals surface area contributed by atoms with Gasteiger partial charge in [-0.3, -0.25) is 14.5 Å². The van der Waals surface area contributed by atoms with Gasteiger partial charge in [-0.25, -0.2) is 0 Å². The highest BCUT2D eigenvalue weighted by Gasteiger charge is 2.45. The van der Waals surface area contributed by atoms with Crippen LogP contribution < -0.4 is 19.3 Å². The van der Waals surface area contributed by atoms with Crippen molar-refractivity contribution >= 4 is 45.6 Å². The number of carbonyl (C=O) groups is 2. The lowest BCUT2D eigenvalue weighted by Crippen LogP contribution is -2.31. The number of ketones is 1. The van der Waals surface area contributed by atoms with E-state index in [2.05, 4.69) is 0 Å². The van der Waals surface area contributed by atoms with Crippen molar-refractivity contribution in [2.24, 2.45) is 0 Å². The quantitative estimate of drug-likeness (QED) is 0.258. The monoisotopic (exact) mass is 546 g/mol. The Morgan fingerprint density at radius 1 is 1.08 bits per heavy atom. The summed E-state index contributed by atoms with van der Waals surface area (Å²) in [6.07, 6.45) is 0. The van der Waals surface area contributed by atoms with Crippen molar-refractivity contribution in [1.29, 1.82) is 0 Å². The topological polar surface area (TPSA) is 92.4 Å². The van der Waals surface area contributed by atoms with Gasteiger partial charge in [0.25, 0.3) is 5.91 Å². The van der Waals surface area contributed by atoms with E-state index in [1.165, 1.54) is 18.1 Å². The number of aliphatic hydroxyl groups excluding tert-OH is 1. The normalized spacial score (nSPS) is 15.3. The van der Waals surface area contributed by atoms with Crippen LogP contribution in [0.15, 0.2) is 82.5 Å². The van der Waals surface area contributed by atoms with Crippen LogP contribution in [0.4, 0.5) is 11.4 Å². The lowest BCUT2D eigenvalue weighted by atomic mass is 9.94. The smallest absolute Gasteiger partial charge is 0.294 e. The van der Waals surface area contributed by atoms with Gasteiger partial charge in [0, 0.05) is 41.9 Å². The minimum absolute atomic E-state index is 0.0549. The van der Waals surface area contributed by atoms with Crippen molar-refractivity contribution in [2.45, 2.75) is 13.0 Å². The summed E-state index contributed by atoms with van der Waals surface area (Å²) in [6.45, 7) is 2.38. The minimum atomic E-state index is -0.912. The van der Waals surface area contributed by atoms with Crippen LogP contribution in [0.25, 0.3) is 11.0 Å². The van der Waals surface area contributed by atoms with Crippen LogP contribution in [0.3, 0.4) is 0 Å². The largest absolute Gasteiger partial charge is 0.503 e. The zero-order chi connectivity index (χ0) is 27.8. The Kier molecular flexibility index (Phi) is 6.97. The number of hydrogen-bond donors (Lipinski definition) is 1. The van der Waals surface area contributed by atoms with Crippen molar-refractivity contribution in [3.05, 3.63) is 94.4 Å². The summed E-state index contributed by atoms with van der Waals surface area (Å²) in [5.41, 5.74) is 2.32. The molecule has 0 spiro atoms. The number of furan rings is 1. The third kappa shape index (κ3) is 4.68. The standard InChI is InChI=1S/C30H27ClN2O6/c1-5-38-22-12-6-17(7-13-22)26-25(27(34)23-15-18-14-19(31)16-24(37-4)29(18)39-23)28(35)30(36)33(26)21-10-8-20(9-11-21)32(2)3/h6-16,26,35H,5H2,1-4H3. The van der Waals surface area contributed by atoms with Gasteiger partial charge in [0.15, 0.2) is 22.9 Å². The predicted molar refractivity (Wildman–Crippen MR) is 150 cm³/mol. The van der Waals surface area contributed by atoms with Crippen molar-refractivity contribution in [2.75, 3.05) is 37.6 Å². The van der Waals surface area contributed by atoms with E-state index in [0.717, 1.165) is 5.69 Å². The number of anilines is 2. The maximum atomic E-state index is 13.9. The highest BCUT2D eigenvalue weighted by Crippen LogP contribution is 2.43. The van der Waals surface area contributed by atoms with E-state index in [0.29, 0.717) is 45.3 Å². The molecule has 3 aromatic carbocycles. The molecule has 200 valence electrons. The number of halogens is 1. The second kappa shape index (κ2) is 10.4. The summed E-state index contributed by atoms with van der Waals surface area (Å²) >= 11 is 6.20. The molecule has 0 saturated heterocycles. The molecule has 0 fully saturated rings. The van der Waals surface area contributed by atoms with Crippen molar-refractivity contribution in [3.63, 3.8) is 0 Å². The van der Waals surface area contributed by atoms with E-state index >= 15 is 0 Å². The van der Waals surface area contributed by atoms with Crippen LogP contribution in [0.1, 0.15) is 29.1 Å². The molecule has 1 aromatic heterocycles. The number of carbonyl (C=O) groups excluding carboxylic acids is 2. The Labute approximate surface area is 230 Å². The Morgan fingerprint density at radius 3 is 2.38 bits per heavy atom. The van der Waals surface area contributed by atoms with Crippen LogP contribution in [0, 0.1) is 0 Å². The van der Waals surface area contributed by atoms with E-state index in [-0.39, 0.29) is 11.3 Å².